The predicted octanol–water partition coefficient (Wildman–Crippen LogP) is 3.00. The first-order valence-electron chi connectivity index (χ1n) is 5.04. The van der Waals surface area contributed by atoms with Crippen LogP contribution >= 0.6 is 0 Å². The number of nitrogens with zero attached hydrogens (tertiary/aromatic N) is 2. The van der Waals surface area contributed by atoms with Gasteiger partial charge in [-0.15, -0.1) is 6.58 Å². The van der Waals surface area contributed by atoms with E-state index in [1.807, 2.05) is 30.3 Å². The fraction of sp³-hybridized carbons (Fsp3) is 0.0769. The lowest BCUT2D eigenvalue weighted by atomic mass is 10.2. The molecule has 1 aromatic carbocycles. The van der Waals surface area contributed by atoms with Crippen molar-refractivity contribution in [2.75, 3.05) is 0 Å². The summed E-state index contributed by atoms with van der Waals surface area (Å²) in [5.41, 5.74) is 0.793. The summed E-state index contributed by atoms with van der Waals surface area (Å²) >= 11 is 0. The summed E-state index contributed by atoms with van der Waals surface area (Å²) < 4.78 is 5.71. The Hall–Kier alpha value is -2.16. The van der Waals surface area contributed by atoms with Gasteiger partial charge in [-0.05, 0) is 12.1 Å². The quantitative estimate of drug-likeness (QED) is 0.731. The molecule has 0 N–H and O–H groups in total. The summed E-state index contributed by atoms with van der Waals surface area (Å²) in [6, 6.07) is 11.4. The molecule has 0 unspecified atom stereocenters. The summed E-state index contributed by atoms with van der Waals surface area (Å²) in [6.45, 7) is 3.68. The van der Waals surface area contributed by atoms with E-state index in [0.717, 1.165) is 17.2 Å². The van der Waals surface area contributed by atoms with Gasteiger partial charge in [0.2, 0.25) is 0 Å². The van der Waals surface area contributed by atoms with Crippen molar-refractivity contribution < 1.29 is 4.74 Å². The highest BCUT2D eigenvalue weighted by Gasteiger charge is 2.04. The van der Waals surface area contributed by atoms with Gasteiger partial charge in [0.1, 0.15) is 11.4 Å². The van der Waals surface area contributed by atoms with Crippen LogP contribution in [-0.2, 0) is 6.42 Å². The molecule has 1 heterocycles. The van der Waals surface area contributed by atoms with E-state index in [1.54, 1.807) is 18.3 Å². The molecule has 0 fully saturated rings. The van der Waals surface area contributed by atoms with Crippen LogP contribution in [0.3, 0.4) is 0 Å². The lowest BCUT2D eigenvalue weighted by Crippen LogP contribution is -1.95. The molecule has 16 heavy (non-hydrogen) atoms. The highest BCUT2D eigenvalue weighted by Crippen LogP contribution is 2.23. The van der Waals surface area contributed by atoms with Crippen molar-refractivity contribution in [3.63, 3.8) is 0 Å². The Morgan fingerprint density at radius 2 is 2.00 bits per heavy atom. The molecule has 0 aliphatic heterocycles. The van der Waals surface area contributed by atoms with E-state index < -0.39 is 0 Å². The van der Waals surface area contributed by atoms with Crippen molar-refractivity contribution in [1.29, 1.82) is 0 Å². The molecule has 1 aromatic heterocycles. The number of benzene rings is 1. The van der Waals surface area contributed by atoms with Crippen LogP contribution in [0.15, 0.2) is 55.3 Å². The lowest BCUT2D eigenvalue weighted by molar-refractivity contribution is 0.471. The van der Waals surface area contributed by atoms with Gasteiger partial charge in [-0.3, -0.25) is 0 Å². The third-order valence-electron chi connectivity index (χ3n) is 2.06. The molecule has 0 bridgehead atoms. The maximum absolute atomic E-state index is 5.71. The van der Waals surface area contributed by atoms with E-state index in [2.05, 4.69) is 16.8 Å². The molecule has 0 aliphatic carbocycles. The number of rotatable bonds is 4. The van der Waals surface area contributed by atoms with Gasteiger partial charge in [-0.25, -0.2) is 0 Å². The first kappa shape index (κ1) is 10.4. The third kappa shape index (κ3) is 2.45. The molecular formula is C13H12N2O. The minimum Gasteiger partial charge on any atom is -0.455 e. The second-order valence-electron chi connectivity index (χ2n) is 3.25. The van der Waals surface area contributed by atoms with Crippen molar-refractivity contribution in [3.8, 4) is 11.5 Å². The van der Waals surface area contributed by atoms with Crippen LogP contribution in [0.25, 0.3) is 0 Å². The molecular weight excluding hydrogens is 200 g/mol. The zero-order valence-electron chi connectivity index (χ0n) is 8.84. The monoisotopic (exact) mass is 212 g/mol. The normalized spacial score (nSPS) is 9.75. The predicted molar refractivity (Wildman–Crippen MR) is 62.4 cm³/mol. The van der Waals surface area contributed by atoms with Crippen LogP contribution in [0.5, 0.6) is 11.5 Å². The summed E-state index contributed by atoms with van der Waals surface area (Å²) in [7, 11) is 0. The third-order valence-corrected chi connectivity index (χ3v) is 2.06. The fourth-order valence-corrected chi connectivity index (χ4v) is 1.34. The van der Waals surface area contributed by atoms with Crippen LogP contribution in [0, 0.1) is 0 Å². The van der Waals surface area contributed by atoms with Crippen LogP contribution < -0.4 is 4.74 Å². The van der Waals surface area contributed by atoms with E-state index in [9.17, 15) is 0 Å². The van der Waals surface area contributed by atoms with Crippen molar-refractivity contribution in [1.82, 2.24) is 10.2 Å². The van der Waals surface area contributed by atoms with Gasteiger partial charge in [0.15, 0.2) is 5.75 Å². The van der Waals surface area contributed by atoms with E-state index in [-0.39, 0.29) is 0 Å². The number of aromatic nitrogens is 2. The van der Waals surface area contributed by atoms with E-state index in [0.29, 0.717) is 6.42 Å². The Labute approximate surface area is 94.4 Å². The smallest absolute Gasteiger partial charge is 0.152 e. The largest absolute Gasteiger partial charge is 0.455 e. The van der Waals surface area contributed by atoms with Crippen LogP contribution in [0.1, 0.15) is 5.69 Å². The molecule has 0 radical (unpaired) electrons. The van der Waals surface area contributed by atoms with E-state index in [1.165, 1.54) is 0 Å². The molecule has 2 rings (SSSR count). The number of hydrogen-bond donors (Lipinski definition) is 0. The second kappa shape index (κ2) is 5.07. The topological polar surface area (TPSA) is 35.0 Å². The van der Waals surface area contributed by atoms with Gasteiger partial charge in [0, 0.05) is 12.5 Å². The van der Waals surface area contributed by atoms with Gasteiger partial charge in [0.25, 0.3) is 0 Å². The minimum absolute atomic E-state index is 0.649. The molecule has 80 valence electrons. The lowest BCUT2D eigenvalue weighted by Gasteiger charge is -2.07. The molecule has 0 aliphatic rings. The Morgan fingerprint density at radius 1 is 1.19 bits per heavy atom. The molecule has 0 amide bonds. The van der Waals surface area contributed by atoms with E-state index in [4.69, 9.17) is 4.74 Å². The maximum Gasteiger partial charge on any atom is 0.152 e. The molecule has 2 aromatic rings. The zero-order valence-corrected chi connectivity index (χ0v) is 8.84. The van der Waals surface area contributed by atoms with Gasteiger partial charge in [-0.2, -0.15) is 10.2 Å². The van der Waals surface area contributed by atoms with Gasteiger partial charge < -0.3 is 4.74 Å². The highest BCUT2D eigenvalue weighted by atomic mass is 16.5. The number of hydrogen-bond acceptors (Lipinski definition) is 3. The van der Waals surface area contributed by atoms with E-state index >= 15 is 0 Å². The van der Waals surface area contributed by atoms with Gasteiger partial charge >= 0.3 is 0 Å². The molecule has 0 spiro atoms. The molecule has 0 saturated heterocycles. The zero-order chi connectivity index (χ0) is 11.2. The van der Waals surface area contributed by atoms with Crippen molar-refractivity contribution in [3.05, 3.63) is 60.9 Å². The average molecular weight is 212 g/mol. The number of ether oxygens (including phenoxy) is 1. The maximum atomic E-state index is 5.71. The Kier molecular flexibility index (Phi) is 3.28. The Morgan fingerprint density at radius 3 is 2.75 bits per heavy atom. The molecule has 0 saturated carbocycles. The summed E-state index contributed by atoms with van der Waals surface area (Å²) in [5.74, 6) is 1.52. The Bertz CT molecular complexity index is 468. The SMILES string of the molecule is C=CCc1nnccc1Oc1ccccc1. The van der Waals surface area contributed by atoms with Crippen molar-refractivity contribution in [2.24, 2.45) is 0 Å². The van der Waals surface area contributed by atoms with Gasteiger partial charge in [-0.1, -0.05) is 24.3 Å². The minimum atomic E-state index is 0.649. The first-order chi connectivity index (χ1) is 7.90. The molecule has 0 atom stereocenters. The van der Waals surface area contributed by atoms with Crippen LogP contribution in [-0.4, -0.2) is 10.2 Å². The van der Waals surface area contributed by atoms with Crippen LogP contribution in [0.4, 0.5) is 0 Å². The highest BCUT2D eigenvalue weighted by molar-refractivity contribution is 5.33. The van der Waals surface area contributed by atoms with Crippen LogP contribution in [0.2, 0.25) is 0 Å². The van der Waals surface area contributed by atoms with Crippen molar-refractivity contribution in [2.45, 2.75) is 6.42 Å². The Balaban J connectivity index is 2.24. The van der Waals surface area contributed by atoms with Gasteiger partial charge in [0.05, 0.1) is 6.20 Å². The van der Waals surface area contributed by atoms with Crippen molar-refractivity contribution >= 4 is 0 Å². The summed E-state index contributed by atoms with van der Waals surface area (Å²) in [4.78, 5) is 0. The first-order valence-corrected chi connectivity index (χ1v) is 5.04. The standard InChI is InChI=1S/C13H12N2O/c1-2-6-12-13(9-10-14-15-12)16-11-7-4-3-5-8-11/h2-5,7-10H,1,6H2. The number of allylic oxidation sites excluding steroid dienone is 1. The number of para-hydroxylation sites is 1. The fourth-order valence-electron chi connectivity index (χ4n) is 1.34. The second-order valence-corrected chi connectivity index (χ2v) is 3.25. The summed E-state index contributed by atoms with van der Waals surface area (Å²) in [6.07, 6.45) is 4.04. The molecule has 3 heteroatoms. The average Bonchev–Trinajstić information content (AvgIpc) is 2.33. The molecule has 3 nitrogen and oxygen atoms in total. The summed E-state index contributed by atoms with van der Waals surface area (Å²) in [5, 5.41) is 7.85.